The summed E-state index contributed by atoms with van der Waals surface area (Å²) in [5.41, 5.74) is 1.12. The molecule has 0 aliphatic carbocycles. The molecular weight excluding hydrogens is 450 g/mol. The van der Waals surface area contributed by atoms with Crippen molar-refractivity contribution in [2.24, 2.45) is 4.99 Å². The highest BCUT2D eigenvalue weighted by Gasteiger charge is 2.33. The van der Waals surface area contributed by atoms with E-state index in [1.54, 1.807) is 25.1 Å². The highest BCUT2D eigenvalue weighted by molar-refractivity contribution is 7.10. The number of aromatic nitrogens is 1. The number of carbonyl (C=O) groups is 1. The molecule has 3 heterocycles. The first kappa shape index (κ1) is 21.6. The molecule has 32 heavy (non-hydrogen) atoms. The summed E-state index contributed by atoms with van der Waals surface area (Å²) in [5.74, 6) is -0.547. The van der Waals surface area contributed by atoms with Crippen LogP contribution in [-0.2, 0) is 9.53 Å². The lowest BCUT2D eigenvalue weighted by molar-refractivity contribution is -0.384. The average Bonchev–Trinajstić information content (AvgIpc) is 3.40. The third-order valence-corrected chi connectivity index (χ3v) is 6.70. The number of hydrogen-bond donors (Lipinski definition) is 0. The van der Waals surface area contributed by atoms with Crippen molar-refractivity contribution in [1.82, 2.24) is 4.57 Å². The maximum absolute atomic E-state index is 13.4. The van der Waals surface area contributed by atoms with Gasteiger partial charge in [0, 0.05) is 17.0 Å². The lowest BCUT2D eigenvalue weighted by Crippen LogP contribution is -2.39. The summed E-state index contributed by atoms with van der Waals surface area (Å²) in [6.45, 7) is 5.34. The molecule has 0 saturated carbocycles. The van der Waals surface area contributed by atoms with Gasteiger partial charge in [0.1, 0.15) is 12.6 Å². The first-order valence-electron chi connectivity index (χ1n) is 9.49. The highest BCUT2D eigenvalue weighted by atomic mass is 32.1. The topological polar surface area (TPSA) is 104 Å². The first-order chi connectivity index (χ1) is 15.4. The smallest absolute Gasteiger partial charge is 0.338 e. The van der Waals surface area contributed by atoms with E-state index in [2.05, 4.69) is 11.6 Å². The largest absolute Gasteiger partial charge is 0.458 e. The number of allylic oxidation sites excluding steroid dienone is 1. The quantitative estimate of drug-likeness (QED) is 0.240. The van der Waals surface area contributed by atoms with Gasteiger partial charge in [-0.3, -0.25) is 19.5 Å². The van der Waals surface area contributed by atoms with E-state index in [1.165, 1.54) is 45.4 Å². The van der Waals surface area contributed by atoms with Crippen LogP contribution >= 0.6 is 22.7 Å². The van der Waals surface area contributed by atoms with E-state index in [9.17, 15) is 19.7 Å². The number of hydrogen-bond acceptors (Lipinski definition) is 8. The summed E-state index contributed by atoms with van der Waals surface area (Å²) in [6.07, 6.45) is 3.14. The van der Waals surface area contributed by atoms with E-state index in [0.29, 0.717) is 26.2 Å². The molecule has 10 heteroatoms. The van der Waals surface area contributed by atoms with Gasteiger partial charge in [-0.05, 0) is 42.1 Å². The predicted molar refractivity (Wildman–Crippen MR) is 122 cm³/mol. The minimum absolute atomic E-state index is 0.0281. The Bertz CT molecular complexity index is 1410. The van der Waals surface area contributed by atoms with Crippen molar-refractivity contribution in [1.29, 1.82) is 0 Å². The zero-order chi connectivity index (χ0) is 22.8. The Kier molecular flexibility index (Phi) is 5.97. The zero-order valence-electron chi connectivity index (χ0n) is 16.9. The molecule has 0 radical (unpaired) electrons. The van der Waals surface area contributed by atoms with Gasteiger partial charge in [0.2, 0.25) is 0 Å². The Morgan fingerprint density at radius 1 is 1.34 bits per heavy atom. The molecule has 1 aromatic carbocycles. The molecule has 3 aromatic rings. The highest BCUT2D eigenvalue weighted by Crippen LogP contribution is 2.33. The van der Waals surface area contributed by atoms with E-state index in [4.69, 9.17) is 4.74 Å². The fourth-order valence-corrected chi connectivity index (χ4v) is 5.22. The summed E-state index contributed by atoms with van der Waals surface area (Å²) < 4.78 is 7.19. The molecule has 1 atom stereocenters. The number of esters is 1. The standard InChI is InChI=1S/C22H17N3O5S2/c1-3-10-30-21(27)18-13(2)23-22-24(19(18)16-5-4-11-31-16)20(26)17(32-22)12-14-6-8-15(9-7-14)25(28)29/h3-9,11-12,19H,1,10H2,2H3/b17-12-. The van der Waals surface area contributed by atoms with Crippen molar-refractivity contribution in [3.63, 3.8) is 0 Å². The molecule has 0 spiro atoms. The zero-order valence-corrected chi connectivity index (χ0v) is 18.5. The molecule has 0 amide bonds. The van der Waals surface area contributed by atoms with Crippen LogP contribution in [0.2, 0.25) is 0 Å². The van der Waals surface area contributed by atoms with Gasteiger partial charge in [0.05, 0.1) is 20.7 Å². The summed E-state index contributed by atoms with van der Waals surface area (Å²) in [7, 11) is 0. The van der Waals surface area contributed by atoms with Gasteiger partial charge in [0.25, 0.3) is 11.2 Å². The molecule has 162 valence electrons. The number of rotatable bonds is 6. The van der Waals surface area contributed by atoms with Gasteiger partial charge < -0.3 is 4.74 Å². The lowest BCUT2D eigenvalue weighted by Gasteiger charge is -2.23. The molecule has 4 rings (SSSR count). The molecule has 2 aromatic heterocycles. The number of nitrogens with zero attached hydrogens (tertiary/aromatic N) is 3. The van der Waals surface area contributed by atoms with Crippen LogP contribution in [-0.4, -0.2) is 22.1 Å². The number of nitro benzene ring substituents is 1. The lowest BCUT2D eigenvalue weighted by atomic mass is 10.0. The maximum Gasteiger partial charge on any atom is 0.338 e. The van der Waals surface area contributed by atoms with Gasteiger partial charge in [0.15, 0.2) is 4.80 Å². The number of fused-ring (bicyclic) bond motifs is 1. The van der Waals surface area contributed by atoms with E-state index in [0.717, 1.165) is 4.88 Å². The Labute approximate surface area is 189 Å². The van der Waals surface area contributed by atoms with Crippen molar-refractivity contribution in [3.05, 3.63) is 106 Å². The fourth-order valence-electron chi connectivity index (χ4n) is 3.35. The van der Waals surface area contributed by atoms with Crippen LogP contribution < -0.4 is 14.9 Å². The van der Waals surface area contributed by atoms with Gasteiger partial charge in [-0.2, -0.15) is 0 Å². The number of ether oxygens (including phenoxy) is 1. The number of nitro groups is 1. The minimum Gasteiger partial charge on any atom is -0.458 e. The van der Waals surface area contributed by atoms with E-state index in [1.807, 2.05) is 17.5 Å². The Balaban J connectivity index is 1.86. The van der Waals surface area contributed by atoms with Crippen molar-refractivity contribution in [3.8, 4) is 0 Å². The van der Waals surface area contributed by atoms with E-state index < -0.39 is 16.9 Å². The fraction of sp³-hybridized carbons (Fsp3) is 0.136. The molecular formula is C22H17N3O5S2. The number of non-ortho nitro benzene ring substituents is 1. The Hall–Kier alpha value is -3.63. The Morgan fingerprint density at radius 3 is 2.72 bits per heavy atom. The van der Waals surface area contributed by atoms with Crippen LogP contribution in [0.15, 0.2) is 75.5 Å². The summed E-state index contributed by atoms with van der Waals surface area (Å²) >= 11 is 2.63. The van der Waals surface area contributed by atoms with Gasteiger partial charge in [-0.15, -0.1) is 11.3 Å². The van der Waals surface area contributed by atoms with Gasteiger partial charge >= 0.3 is 5.97 Å². The van der Waals surface area contributed by atoms with Crippen LogP contribution in [0.1, 0.15) is 23.4 Å². The van der Waals surface area contributed by atoms with Crippen LogP contribution in [0.4, 0.5) is 5.69 Å². The number of carbonyl (C=O) groups excluding carboxylic acids is 1. The minimum atomic E-state index is -0.650. The van der Waals surface area contributed by atoms with Crippen LogP contribution in [0.3, 0.4) is 0 Å². The monoisotopic (exact) mass is 467 g/mol. The number of thiazole rings is 1. The number of benzene rings is 1. The van der Waals surface area contributed by atoms with Crippen LogP contribution in [0.25, 0.3) is 6.08 Å². The van der Waals surface area contributed by atoms with E-state index >= 15 is 0 Å². The molecule has 0 saturated heterocycles. The second-order valence-corrected chi connectivity index (χ2v) is 8.82. The van der Waals surface area contributed by atoms with Crippen molar-refractivity contribution in [2.75, 3.05) is 6.61 Å². The maximum atomic E-state index is 13.4. The number of thiophene rings is 1. The van der Waals surface area contributed by atoms with Gasteiger partial charge in [-0.25, -0.2) is 9.79 Å². The second-order valence-electron chi connectivity index (χ2n) is 6.83. The third kappa shape index (κ3) is 3.97. The van der Waals surface area contributed by atoms with E-state index in [-0.39, 0.29) is 17.9 Å². The second kappa shape index (κ2) is 8.85. The molecule has 0 N–H and O–H groups in total. The summed E-state index contributed by atoms with van der Waals surface area (Å²) in [4.78, 5) is 42.4. The van der Waals surface area contributed by atoms with Gasteiger partial charge in [-0.1, -0.05) is 30.1 Å². The summed E-state index contributed by atoms with van der Waals surface area (Å²) in [6, 6.07) is 9.00. The Morgan fingerprint density at radius 2 is 2.09 bits per heavy atom. The molecule has 0 bridgehead atoms. The summed E-state index contributed by atoms with van der Waals surface area (Å²) in [5, 5.41) is 12.8. The molecule has 8 nitrogen and oxygen atoms in total. The van der Waals surface area contributed by atoms with Crippen molar-refractivity contribution >= 4 is 40.4 Å². The molecule has 1 unspecified atom stereocenters. The first-order valence-corrected chi connectivity index (χ1v) is 11.2. The van der Waals surface area contributed by atoms with Crippen molar-refractivity contribution in [2.45, 2.75) is 13.0 Å². The van der Waals surface area contributed by atoms with Crippen molar-refractivity contribution < 1.29 is 14.5 Å². The molecule has 1 aliphatic heterocycles. The molecule has 1 aliphatic rings. The predicted octanol–water partition coefficient (Wildman–Crippen LogP) is 2.93. The average molecular weight is 468 g/mol. The van der Waals surface area contributed by atoms with Crippen LogP contribution in [0, 0.1) is 10.1 Å². The third-order valence-electron chi connectivity index (χ3n) is 4.79. The van der Waals surface area contributed by atoms with Crippen LogP contribution in [0.5, 0.6) is 0 Å². The normalized spacial score (nSPS) is 15.8. The SMILES string of the molecule is C=CCOC(=O)C1=C(C)N=c2s/c(=C\c3ccc([N+](=O)[O-])cc3)c(=O)n2C1c1cccs1. The molecule has 0 fully saturated rings.